The van der Waals surface area contributed by atoms with E-state index in [9.17, 15) is 4.79 Å². The number of amides is 1. The average Bonchev–Trinajstić information content (AvgIpc) is 2.73. The van der Waals surface area contributed by atoms with Crippen molar-refractivity contribution in [3.8, 4) is 5.88 Å². The Balaban J connectivity index is 1.91. The van der Waals surface area contributed by atoms with Gasteiger partial charge in [0.2, 0.25) is 5.88 Å². The van der Waals surface area contributed by atoms with Crippen LogP contribution in [0.2, 0.25) is 0 Å². The zero-order chi connectivity index (χ0) is 15.4. The average molecular weight is 289 g/mol. The summed E-state index contributed by atoms with van der Waals surface area (Å²) in [6.07, 6.45) is 4.98. The number of ether oxygens (including phenoxy) is 1. The minimum absolute atomic E-state index is 0.0699. The third-order valence-corrected chi connectivity index (χ3v) is 6.11. The number of fused-ring (bicyclic) bond motifs is 2. The first-order chi connectivity index (χ1) is 9.75. The number of nitrogens with two attached hydrogens (primary N) is 2. The summed E-state index contributed by atoms with van der Waals surface area (Å²) in [5.41, 5.74) is 12.1. The van der Waals surface area contributed by atoms with Crippen LogP contribution in [0, 0.1) is 16.7 Å². The Hall–Kier alpha value is -1.78. The topological polar surface area (TPSA) is 91.2 Å². The maximum atomic E-state index is 11.6. The molecule has 2 saturated carbocycles. The van der Waals surface area contributed by atoms with E-state index in [1.165, 1.54) is 18.7 Å². The molecule has 1 aromatic heterocycles. The second-order valence-corrected chi connectivity index (χ2v) is 7.20. The summed E-state index contributed by atoms with van der Waals surface area (Å²) in [6.45, 7) is 6.92. The van der Waals surface area contributed by atoms with Crippen LogP contribution >= 0.6 is 0 Å². The lowest BCUT2D eigenvalue weighted by Crippen LogP contribution is -2.39. The van der Waals surface area contributed by atoms with E-state index >= 15 is 0 Å². The second kappa shape index (κ2) is 4.36. The van der Waals surface area contributed by atoms with Gasteiger partial charge in [0.1, 0.15) is 11.7 Å². The summed E-state index contributed by atoms with van der Waals surface area (Å²) >= 11 is 0. The molecule has 21 heavy (non-hydrogen) atoms. The van der Waals surface area contributed by atoms with E-state index in [2.05, 4.69) is 25.8 Å². The summed E-state index contributed by atoms with van der Waals surface area (Å²) in [6, 6.07) is 1.53. The lowest BCUT2D eigenvalue weighted by Gasteiger charge is -2.38. The summed E-state index contributed by atoms with van der Waals surface area (Å²) in [7, 11) is 0. The molecule has 114 valence electrons. The predicted octanol–water partition coefficient (Wildman–Crippen LogP) is 2.36. The monoisotopic (exact) mass is 289 g/mol. The fourth-order valence-corrected chi connectivity index (χ4v) is 4.18. The van der Waals surface area contributed by atoms with Gasteiger partial charge < -0.3 is 16.2 Å². The van der Waals surface area contributed by atoms with Gasteiger partial charge in [0.25, 0.3) is 5.91 Å². The number of carbonyl (C=O) groups excluding carboxylic acids is 1. The molecule has 1 amide bonds. The molecule has 1 heterocycles. The number of hydrogen-bond acceptors (Lipinski definition) is 4. The van der Waals surface area contributed by atoms with E-state index in [1.807, 2.05) is 0 Å². The van der Waals surface area contributed by atoms with Gasteiger partial charge in [0, 0.05) is 5.41 Å². The summed E-state index contributed by atoms with van der Waals surface area (Å²) in [5, 5.41) is 0. The molecule has 3 unspecified atom stereocenters. The van der Waals surface area contributed by atoms with Crippen molar-refractivity contribution in [3.63, 3.8) is 0 Å². The molecule has 0 saturated heterocycles. The number of hydrogen-bond donors (Lipinski definition) is 2. The molecule has 2 fully saturated rings. The van der Waals surface area contributed by atoms with Crippen molar-refractivity contribution in [3.05, 3.63) is 17.8 Å². The van der Waals surface area contributed by atoms with Crippen molar-refractivity contribution in [2.24, 2.45) is 22.5 Å². The number of pyridine rings is 1. The van der Waals surface area contributed by atoms with Gasteiger partial charge in [-0.05, 0) is 36.7 Å². The molecule has 2 aliphatic carbocycles. The molecule has 2 aliphatic rings. The molecule has 4 N–H and O–H groups in total. The quantitative estimate of drug-likeness (QED) is 0.893. The molecule has 0 radical (unpaired) electrons. The Kier molecular flexibility index (Phi) is 2.94. The standard InChI is InChI=1S/C16H23N3O2/c1-15(2)9-4-5-16(15,3)12(6-9)21-14-11(13(18)20)7-10(17)8-19-14/h7-9,12H,4-6,17H2,1-3H3,(H2,18,20). The molecule has 3 atom stereocenters. The highest BCUT2D eigenvalue weighted by Crippen LogP contribution is 2.66. The van der Waals surface area contributed by atoms with Crippen molar-refractivity contribution < 1.29 is 9.53 Å². The third kappa shape index (κ3) is 1.90. The maximum Gasteiger partial charge on any atom is 0.254 e. The molecular weight excluding hydrogens is 266 g/mol. The van der Waals surface area contributed by atoms with Gasteiger partial charge in [-0.15, -0.1) is 0 Å². The largest absolute Gasteiger partial charge is 0.473 e. The Bertz CT molecular complexity index is 599. The Morgan fingerprint density at radius 2 is 2.14 bits per heavy atom. The van der Waals surface area contributed by atoms with E-state index in [0.717, 1.165) is 12.8 Å². The van der Waals surface area contributed by atoms with Crippen molar-refractivity contribution in [2.45, 2.75) is 46.1 Å². The van der Waals surface area contributed by atoms with Crippen LogP contribution in [0.5, 0.6) is 5.88 Å². The van der Waals surface area contributed by atoms with Gasteiger partial charge in [0.15, 0.2) is 0 Å². The second-order valence-electron chi connectivity index (χ2n) is 7.20. The zero-order valence-corrected chi connectivity index (χ0v) is 12.8. The Morgan fingerprint density at radius 3 is 2.67 bits per heavy atom. The molecular formula is C16H23N3O2. The van der Waals surface area contributed by atoms with Gasteiger partial charge >= 0.3 is 0 Å². The van der Waals surface area contributed by atoms with Crippen molar-refractivity contribution >= 4 is 11.6 Å². The Labute approximate surface area is 125 Å². The van der Waals surface area contributed by atoms with Gasteiger partial charge in [-0.2, -0.15) is 0 Å². The number of aromatic nitrogens is 1. The van der Waals surface area contributed by atoms with E-state index in [4.69, 9.17) is 16.2 Å². The molecule has 0 spiro atoms. The number of primary amides is 1. The molecule has 5 heteroatoms. The normalized spacial score (nSPS) is 33.1. The number of rotatable bonds is 3. The van der Waals surface area contributed by atoms with Crippen LogP contribution < -0.4 is 16.2 Å². The van der Waals surface area contributed by atoms with Gasteiger partial charge in [0.05, 0.1) is 11.9 Å². The van der Waals surface area contributed by atoms with Gasteiger partial charge in [-0.3, -0.25) is 4.79 Å². The van der Waals surface area contributed by atoms with Crippen LogP contribution in [0.3, 0.4) is 0 Å². The molecule has 0 aliphatic heterocycles. The van der Waals surface area contributed by atoms with Crippen LogP contribution in [-0.4, -0.2) is 17.0 Å². The predicted molar refractivity (Wildman–Crippen MR) is 80.8 cm³/mol. The van der Waals surface area contributed by atoms with Crippen LogP contribution in [-0.2, 0) is 0 Å². The third-order valence-electron chi connectivity index (χ3n) is 6.11. The summed E-state index contributed by atoms with van der Waals surface area (Å²) in [4.78, 5) is 15.7. The molecule has 1 aromatic rings. The Morgan fingerprint density at radius 1 is 1.43 bits per heavy atom. The smallest absolute Gasteiger partial charge is 0.254 e. The van der Waals surface area contributed by atoms with Crippen LogP contribution in [0.25, 0.3) is 0 Å². The lowest BCUT2D eigenvalue weighted by atomic mass is 9.70. The highest BCUT2D eigenvalue weighted by molar-refractivity contribution is 5.95. The van der Waals surface area contributed by atoms with Gasteiger partial charge in [-0.1, -0.05) is 20.8 Å². The SMILES string of the molecule is CC1(C)C2CCC1(C)C(Oc1ncc(N)cc1C(N)=O)C2. The summed E-state index contributed by atoms with van der Waals surface area (Å²) < 4.78 is 6.13. The minimum atomic E-state index is -0.558. The summed E-state index contributed by atoms with van der Waals surface area (Å²) in [5.74, 6) is 0.418. The lowest BCUT2D eigenvalue weighted by molar-refractivity contribution is 0.0267. The first-order valence-corrected chi connectivity index (χ1v) is 7.47. The number of nitrogens with zero attached hydrogens (tertiary/aromatic N) is 1. The zero-order valence-electron chi connectivity index (χ0n) is 12.8. The van der Waals surface area contributed by atoms with Crippen molar-refractivity contribution in [2.75, 3.05) is 5.73 Å². The molecule has 2 bridgehead atoms. The number of carbonyl (C=O) groups is 1. The van der Waals surface area contributed by atoms with E-state index in [0.29, 0.717) is 17.5 Å². The first-order valence-electron chi connectivity index (χ1n) is 7.47. The van der Waals surface area contributed by atoms with Crippen LogP contribution in [0.15, 0.2) is 12.3 Å². The van der Waals surface area contributed by atoms with E-state index < -0.39 is 5.91 Å². The van der Waals surface area contributed by atoms with E-state index in [1.54, 1.807) is 0 Å². The fourth-order valence-electron chi connectivity index (χ4n) is 4.18. The highest BCUT2D eigenvalue weighted by Gasteiger charge is 2.62. The van der Waals surface area contributed by atoms with Crippen molar-refractivity contribution in [1.29, 1.82) is 0 Å². The molecule has 0 aromatic carbocycles. The van der Waals surface area contributed by atoms with E-state index in [-0.39, 0.29) is 22.5 Å². The fraction of sp³-hybridized carbons (Fsp3) is 0.625. The van der Waals surface area contributed by atoms with Crippen molar-refractivity contribution in [1.82, 2.24) is 4.98 Å². The minimum Gasteiger partial charge on any atom is -0.473 e. The van der Waals surface area contributed by atoms with Crippen LogP contribution in [0.4, 0.5) is 5.69 Å². The van der Waals surface area contributed by atoms with Gasteiger partial charge in [-0.25, -0.2) is 4.98 Å². The molecule has 5 nitrogen and oxygen atoms in total. The maximum absolute atomic E-state index is 11.6. The van der Waals surface area contributed by atoms with Crippen LogP contribution in [0.1, 0.15) is 50.4 Å². The molecule has 3 rings (SSSR count). The first kappa shape index (κ1) is 14.2. The number of nitrogen functional groups attached to an aromatic ring is 1. The highest BCUT2D eigenvalue weighted by atomic mass is 16.5. The number of anilines is 1.